The molecule has 1 amide bonds. The molecule has 3 aromatic rings. The number of rotatable bonds is 5. The molecule has 1 aromatic heterocycles. The van der Waals surface area contributed by atoms with Gasteiger partial charge in [0.2, 0.25) is 5.91 Å². The van der Waals surface area contributed by atoms with E-state index in [9.17, 15) is 4.79 Å². The minimum Gasteiger partial charge on any atom is -0.348 e. The summed E-state index contributed by atoms with van der Waals surface area (Å²) in [5, 5.41) is 6.74. The minimum absolute atomic E-state index is 0.0639. The van der Waals surface area contributed by atoms with Gasteiger partial charge in [-0.05, 0) is 37.1 Å². The first kappa shape index (κ1) is 15.9. The Bertz CT molecular complexity index is 838. The number of nitrogens with one attached hydrogen (secondary N) is 1. The van der Waals surface area contributed by atoms with Crippen molar-refractivity contribution in [3.63, 3.8) is 0 Å². The van der Waals surface area contributed by atoms with Crippen molar-refractivity contribution < 1.29 is 9.32 Å². The molecule has 1 heterocycles. The third-order valence-corrected chi connectivity index (χ3v) is 3.82. The second kappa shape index (κ2) is 7.08. The van der Waals surface area contributed by atoms with E-state index in [1.54, 1.807) is 0 Å². The number of hydrogen-bond acceptors (Lipinski definition) is 4. The van der Waals surface area contributed by atoms with Crippen LogP contribution < -0.4 is 5.32 Å². The van der Waals surface area contributed by atoms with E-state index in [0.29, 0.717) is 18.1 Å². The molecule has 5 nitrogen and oxygen atoms in total. The van der Waals surface area contributed by atoms with Crippen molar-refractivity contribution in [1.82, 2.24) is 15.5 Å². The van der Waals surface area contributed by atoms with E-state index >= 15 is 0 Å². The van der Waals surface area contributed by atoms with E-state index in [2.05, 4.69) is 15.5 Å². The maximum Gasteiger partial charge on any atom is 0.257 e. The van der Waals surface area contributed by atoms with E-state index in [1.807, 2.05) is 62.4 Å². The summed E-state index contributed by atoms with van der Waals surface area (Å²) in [6, 6.07) is 15.7. The molecule has 0 radical (unpaired) electrons. The minimum atomic E-state index is -0.0639. The van der Waals surface area contributed by atoms with Crippen LogP contribution in [0.4, 0.5) is 0 Å². The topological polar surface area (TPSA) is 68.0 Å². The molecule has 0 aliphatic rings. The molecule has 24 heavy (non-hydrogen) atoms. The lowest BCUT2D eigenvalue weighted by Gasteiger charge is -2.05. The average molecular weight is 321 g/mol. The van der Waals surface area contributed by atoms with Crippen LogP contribution in [0.3, 0.4) is 0 Å². The summed E-state index contributed by atoms with van der Waals surface area (Å²) in [6.45, 7) is 4.27. The Morgan fingerprint density at radius 2 is 1.83 bits per heavy atom. The van der Waals surface area contributed by atoms with Gasteiger partial charge in [0.1, 0.15) is 0 Å². The first-order valence-electron chi connectivity index (χ1n) is 7.82. The van der Waals surface area contributed by atoms with E-state index in [4.69, 9.17) is 4.52 Å². The summed E-state index contributed by atoms with van der Waals surface area (Å²) in [7, 11) is 0. The Balaban J connectivity index is 1.58. The summed E-state index contributed by atoms with van der Waals surface area (Å²) >= 11 is 0. The first-order valence-corrected chi connectivity index (χ1v) is 7.82. The molecule has 1 N–H and O–H groups in total. The van der Waals surface area contributed by atoms with E-state index in [1.165, 1.54) is 5.56 Å². The smallest absolute Gasteiger partial charge is 0.257 e. The Hall–Kier alpha value is -2.95. The lowest BCUT2D eigenvalue weighted by molar-refractivity contribution is -0.120. The Morgan fingerprint density at radius 1 is 1.08 bits per heavy atom. The largest absolute Gasteiger partial charge is 0.348 e. The van der Waals surface area contributed by atoms with Crippen molar-refractivity contribution in [2.24, 2.45) is 0 Å². The fraction of sp³-hybridized carbons (Fsp3) is 0.211. The highest BCUT2D eigenvalue weighted by molar-refractivity contribution is 5.78. The molecule has 0 aliphatic heterocycles. The van der Waals surface area contributed by atoms with Crippen LogP contribution in [0.25, 0.3) is 11.5 Å². The molecule has 5 heteroatoms. The van der Waals surface area contributed by atoms with Gasteiger partial charge in [-0.2, -0.15) is 4.98 Å². The highest BCUT2D eigenvalue weighted by Gasteiger charge is 2.10. The molecule has 2 aromatic carbocycles. The summed E-state index contributed by atoms with van der Waals surface area (Å²) in [5.74, 6) is 0.854. The Kier molecular flexibility index (Phi) is 4.70. The summed E-state index contributed by atoms with van der Waals surface area (Å²) in [5.41, 5.74) is 4.16. The maximum atomic E-state index is 12.1. The molecule has 0 unspecified atom stereocenters. The van der Waals surface area contributed by atoms with E-state index < -0.39 is 0 Å². The molecule has 0 saturated heterocycles. The van der Waals surface area contributed by atoms with E-state index in [-0.39, 0.29) is 12.5 Å². The molecule has 0 atom stereocenters. The van der Waals surface area contributed by atoms with Crippen molar-refractivity contribution >= 4 is 5.91 Å². The zero-order chi connectivity index (χ0) is 16.9. The third-order valence-electron chi connectivity index (χ3n) is 3.82. The van der Waals surface area contributed by atoms with Crippen LogP contribution in [-0.2, 0) is 17.8 Å². The number of aromatic nitrogens is 2. The standard InChI is InChI=1S/C19H19N3O2/c1-13-7-9-15(10-8-13)19-21-17(22-24-19)12-20-18(23)11-16-6-4-3-5-14(16)2/h3-10H,11-12H2,1-2H3,(H,20,23). The van der Waals surface area contributed by atoms with Crippen molar-refractivity contribution in [2.75, 3.05) is 0 Å². The van der Waals surface area contributed by atoms with E-state index in [0.717, 1.165) is 16.7 Å². The molecule has 0 fully saturated rings. The van der Waals surface area contributed by atoms with Crippen LogP contribution in [-0.4, -0.2) is 16.0 Å². The van der Waals surface area contributed by atoms with Crippen LogP contribution in [0, 0.1) is 13.8 Å². The fourth-order valence-electron chi connectivity index (χ4n) is 2.36. The van der Waals surface area contributed by atoms with Gasteiger partial charge in [-0.25, -0.2) is 0 Å². The second-order valence-corrected chi connectivity index (χ2v) is 5.76. The maximum absolute atomic E-state index is 12.1. The monoisotopic (exact) mass is 321 g/mol. The zero-order valence-electron chi connectivity index (χ0n) is 13.7. The van der Waals surface area contributed by atoms with Crippen molar-refractivity contribution in [2.45, 2.75) is 26.8 Å². The molecule has 3 rings (SSSR count). The van der Waals surface area contributed by atoms with Crippen molar-refractivity contribution in [3.05, 3.63) is 71.0 Å². The average Bonchev–Trinajstić information content (AvgIpc) is 3.05. The number of nitrogens with zero attached hydrogens (tertiary/aromatic N) is 2. The second-order valence-electron chi connectivity index (χ2n) is 5.76. The normalized spacial score (nSPS) is 10.6. The van der Waals surface area contributed by atoms with Gasteiger partial charge in [-0.1, -0.05) is 47.1 Å². The molecule has 0 saturated carbocycles. The third kappa shape index (κ3) is 3.87. The van der Waals surface area contributed by atoms with Crippen molar-refractivity contribution in [3.8, 4) is 11.5 Å². The molecule has 0 aliphatic carbocycles. The molecule has 122 valence electrons. The first-order chi connectivity index (χ1) is 11.6. The van der Waals surface area contributed by atoms with Gasteiger partial charge in [-0.15, -0.1) is 0 Å². The van der Waals surface area contributed by atoms with Crippen LogP contribution in [0.2, 0.25) is 0 Å². The highest BCUT2D eigenvalue weighted by Crippen LogP contribution is 2.17. The summed E-state index contributed by atoms with van der Waals surface area (Å²) < 4.78 is 5.25. The predicted octanol–water partition coefficient (Wildman–Crippen LogP) is 3.21. The highest BCUT2D eigenvalue weighted by atomic mass is 16.5. The SMILES string of the molecule is Cc1ccc(-c2nc(CNC(=O)Cc3ccccc3C)no2)cc1. The Labute approximate surface area is 140 Å². The molecular formula is C19H19N3O2. The van der Waals surface area contributed by atoms with Crippen LogP contribution in [0.5, 0.6) is 0 Å². The van der Waals surface area contributed by atoms with Gasteiger partial charge in [-0.3, -0.25) is 4.79 Å². The predicted molar refractivity (Wildman–Crippen MR) is 91.2 cm³/mol. The van der Waals surface area contributed by atoms with Gasteiger partial charge >= 0.3 is 0 Å². The molecule has 0 spiro atoms. The fourth-order valence-corrected chi connectivity index (χ4v) is 2.36. The van der Waals surface area contributed by atoms with Crippen LogP contribution >= 0.6 is 0 Å². The zero-order valence-corrected chi connectivity index (χ0v) is 13.7. The summed E-state index contributed by atoms with van der Waals surface area (Å²) in [6.07, 6.45) is 0.343. The number of aryl methyl sites for hydroxylation is 2. The lowest BCUT2D eigenvalue weighted by Crippen LogP contribution is -2.25. The van der Waals surface area contributed by atoms with Gasteiger partial charge in [0, 0.05) is 5.56 Å². The summed E-state index contributed by atoms with van der Waals surface area (Å²) in [4.78, 5) is 16.4. The number of amides is 1. The van der Waals surface area contributed by atoms with Gasteiger partial charge in [0.05, 0.1) is 13.0 Å². The van der Waals surface area contributed by atoms with Crippen molar-refractivity contribution in [1.29, 1.82) is 0 Å². The molecular weight excluding hydrogens is 302 g/mol. The molecule has 0 bridgehead atoms. The van der Waals surface area contributed by atoms with Gasteiger partial charge in [0.25, 0.3) is 5.89 Å². The van der Waals surface area contributed by atoms with Crippen LogP contribution in [0.15, 0.2) is 53.1 Å². The quantitative estimate of drug-likeness (QED) is 0.783. The number of hydrogen-bond donors (Lipinski definition) is 1. The number of carbonyl (C=O) groups is 1. The Morgan fingerprint density at radius 3 is 2.58 bits per heavy atom. The lowest BCUT2D eigenvalue weighted by atomic mass is 10.1. The van der Waals surface area contributed by atoms with Gasteiger partial charge in [0.15, 0.2) is 5.82 Å². The van der Waals surface area contributed by atoms with Gasteiger partial charge < -0.3 is 9.84 Å². The number of carbonyl (C=O) groups excluding carboxylic acids is 1. The van der Waals surface area contributed by atoms with Crippen LogP contribution in [0.1, 0.15) is 22.5 Å². The number of benzene rings is 2.